The van der Waals surface area contributed by atoms with Gasteiger partial charge in [0.25, 0.3) is 0 Å². The molecule has 0 aliphatic rings. The highest BCUT2D eigenvalue weighted by atomic mass is 79.9. The Hall–Kier alpha value is -0.540. The minimum absolute atomic E-state index is 0.0713. The Balaban J connectivity index is 2.96. The van der Waals surface area contributed by atoms with E-state index in [1.54, 1.807) is 18.2 Å². The Morgan fingerprint density at radius 1 is 1.50 bits per heavy atom. The van der Waals surface area contributed by atoms with Crippen LogP contribution in [0.25, 0.3) is 0 Å². The van der Waals surface area contributed by atoms with Crippen LogP contribution in [0.3, 0.4) is 0 Å². The lowest BCUT2D eigenvalue weighted by atomic mass is 10.0. The third kappa shape index (κ3) is 2.72. The molecule has 0 aliphatic heterocycles. The van der Waals surface area contributed by atoms with E-state index >= 15 is 0 Å². The number of hydrogen-bond donors (Lipinski definition) is 1. The number of carbonyl (C=O) groups is 1. The van der Waals surface area contributed by atoms with Crippen molar-refractivity contribution in [2.45, 2.75) is 12.3 Å². The number of carbonyl (C=O) groups excluding carboxylic acids is 1. The summed E-state index contributed by atoms with van der Waals surface area (Å²) >= 11 is 8.77. The van der Waals surface area contributed by atoms with Crippen LogP contribution in [-0.2, 0) is 17.1 Å². The van der Waals surface area contributed by atoms with E-state index in [0.29, 0.717) is 17.3 Å². The molecule has 0 spiro atoms. The van der Waals surface area contributed by atoms with E-state index < -0.39 is 0 Å². The Morgan fingerprint density at radius 2 is 2.21 bits per heavy atom. The summed E-state index contributed by atoms with van der Waals surface area (Å²) in [5.41, 5.74) is 1.44. The lowest BCUT2D eigenvalue weighted by Gasteiger charge is -2.07. The van der Waals surface area contributed by atoms with E-state index in [0.717, 1.165) is 5.56 Å². The number of aromatic hydroxyl groups is 1. The number of benzene rings is 1. The van der Waals surface area contributed by atoms with Crippen molar-refractivity contribution >= 4 is 33.3 Å². The predicted octanol–water partition coefficient (Wildman–Crippen LogP) is 2.64. The van der Waals surface area contributed by atoms with Gasteiger partial charge in [0.2, 0.25) is 0 Å². The van der Waals surface area contributed by atoms with Gasteiger partial charge in [-0.1, -0.05) is 28.1 Å². The molecule has 1 rings (SSSR count). The van der Waals surface area contributed by atoms with Gasteiger partial charge in [-0.25, -0.2) is 0 Å². The van der Waals surface area contributed by atoms with Crippen molar-refractivity contribution in [2.24, 2.45) is 0 Å². The summed E-state index contributed by atoms with van der Waals surface area (Å²) in [4.78, 5) is 11.2. The number of phenols is 1. The molecule has 0 bridgehead atoms. The first kappa shape index (κ1) is 11.5. The minimum Gasteiger partial charge on any atom is -0.508 e. The fourth-order valence-corrected chi connectivity index (χ4v) is 1.71. The quantitative estimate of drug-likeness (QED) is 0.859. The summed E-state index contributed by atoms with van der Waals surface area (Å²) in [7, 11) is 0. The zero-order valence-electron chi connectivity index (χ0n) is 7.46. The van der Waals surface area contributed by atoms with Gasteiger partial charge < -0.3 is 5.11 Å². The summed E-state index contributed by atoms with van der Waals surface area (Å²) in [6, 6.07) is 5.08. The van der Waals surface area contributed by atoms with Crippen molar-refractivity contribution in [1.82, 2.24) is 0 Å². The lowest BCUT2D eigenvalue weighted by Crippen LogP contribution is -2.05. The molecule has 0 amide bonds. The van der Waals surface area contributed by atoms with E-state index in [9.17, 15) is 9.90 Å². The van der Waals surface area contributed by atoms with Gasteiger partial charge in [0, 0.05) is 12.0 Å². The highest BCUT2D eigenvalue weighted by Crippen LogP contribution is 2.23. The Bertz CT molecular complexity index is 339. The van der Waals surface area contributed by atoms with Crippen molar-refractivity contribution < 1.29 is 9.90 Å². The molecule has 4 heteroatoms. The van der Waals surface area contributed by atoms with Crippen molar-refractivity contribution in [3.05, 3.63) is 29.3 Å². The maximum atomic E-state index is 11.2. The first-order valence-corrected chi connectivity index (χ1v) is 5.78. The number of rotatable bonds is 4. The van der Waals surface area contributed by atoms with Crippen LogP contribution in [0, 0.1) is 0 Å². The second-order valence-electron chi connectivity index (χ2n) is 2.90. The van der Waals surface area contributed by atoms with Crippen LogP contribution in [-0.4, -0.2) is 16.2 Å². The van der Waals surface area contributed by atoms with Gasteiger partial charge in [-0.3, -0.25) is 4.79 Å². The van der Waals surface area contributed by atoms with E-state index in [-0.39, 0.29) is 17.4 Å². The molecule has 0 saturated carbocycles. The molecular weight excluding hydrogens is 267 g/mol. The van der Waals surface area contributed by atoms with Crippen LogP contribution in [0.2, 0.25) is 0 Å². The minimum atomic E-state index is 0.0713. The molecule has 0 aromatic heterocycles. The predicted molar refractivity (Wildman–Crippen MR) is 60.2 cm³/mol. The second-order valence-corrected chi connectivity index (χ2v) is 3.73. The van der Waals surface area contributed by atoms with Crippen molar-refractivity contribution in [3.63, 3.8) is 0 Å². The molecule has 0 atom stereocenters. The normalized spacial score (nSPS) is 10.1. The van der Waals surface area contributed by atoms with Crippen molar-refractivity contribution in [1.29, 1.82) is 0 Å². The summed E-state index contributed by atoms with van der Waals surface area (Å²) in [5.74, 6) is 0.444. The van der Waals surface area contributed by atoms with Gasteiger partial charge >= 0.3 is 0 Å². The van der Waals surface area contributed by atoms with Crippen LogP contribution in [0.15, 0.2) is 18.2 Å². The summed E-state index contributed by atoms with van der Waals surface area (Å²) in [5, 5.41) is 9.79. The summed E-state index contributed by atoms with van der Waals surface area (Å²) in [6.45, 7) is 0. The lowest BCUT2D eigenvalue weighted by molar-refractivity contribution is -0.115. The highest BCUT2D eigenvalue weighted by molar-refractivity contribution is 9.09. The number of hydrogen-bond acceptors (Lipinski definition) is 2. The fraction of sp³-hybridized carbons (Fsp3) is 0.300. The molecule has 1 aromatic rings. The second kappa shape index (κ2) is 5.37. The van der Waals surface area contributed by atoms with Gasteiger partial charge in [0.05, 0.1) is 11.2 Å². The molecule has 1 aromatic carbocycles. The average molecular weight is 278 g/mol. The zero-order chi connectivity index (χ0) is 10.6. The maximum absolute atomic E-state index is 11.2. The molecule has 76 valence electrons. The van der Waals surface area contributed by atoms with E-state index in [4.69, 9.17) is 11.6 Å². The molecule has 0 unspecified atom stereocenters. The third-order valence-corrected chi connectivity index (χ3v) is 2.81. The summed E-state index contributed by atoms with van der Waals surface area (Å²) < 4.78 is 0. The van der Waals surface area contributed by atoms with Crippen LogP contribution in [0.4, 0.5) is 0 Å². The number of halogens is 2. The van der Waals surface area contributed by atoms with Crippen LogP contribution < -0.4 is 0 Å². The molecule has 2 nitrogen and oxygen atoms in total. The molecule has 0 radical (unpaired) electrons. The van der Waals surface area contributed by atoms with Crippen LogP contribution in [0.5, 0.6) is 5.75 Å². The monoisotopic (exact) mass is 276 g/mol. The third-order valence-electron chi connectivity index (χ3n) is 1.92. The van der Waals surface area contributed by atoms with Crippen LogP contribution >= 0.6 is 27.5 Å². The average Bonchev–Trinajstić information content (AvgIpc) is 2.18. The molecule has 0 saturated heterocycles. The highest BCUT2D eigenvalue weighted by Gasteiger charge is 2.09. The molecule has 14 heavy (non-hydrogen) atoms. The standard InChI is InChI=1S/C10H10BrClO2/c11-5-8(13)4-7-2-1-3-10(14)9(7)6-12/h1-3,14H,4-6H2. The fourth-order valence-electron chi connectivity index (χ4n) is 1.20. The first-order chi connectivity index (χ1) is 6.69. The number of ketones is 1. The molecule has 0 fully saturated rings. The van der Waals surface area contributed by atoms with Gasteiger partial charge in [-0.05, 0) is 11.6 Å². The zero-order valence-corrected chi connectivity index (χ0v) is 9.81. The Morgan fingerprint density at radius 3 is 2.79 bits per heavy atom. The largest absolute Gasteiger partial charge is 0.508 e. The van der Waals surface area contributed by atoms with E-state index in [1.165, 1.54) is 0 Å². The first-order valence-electron chi connectivity index (χ1n) is 4.12. The maximum Gasteiger partial charge on any atom is 0.147 e. The molecule has 0 aliphatic carbocycles. The van der Waals surface area contributed by atoms with Crippen LogP contribution in [0.1, 0.15) is 11.1 Å². The molecule has 1 N–H and O–H groups in total. The Kier molecular flexibility index (Phi) is 4.42. The van der Waals surface area contributed by atoms with Gasteiger partial charge in [0.15, 0.2) is 0 Å². The number of phenolic OH excluding ortho intramolecular Hbond substituents is 1. The smallest absolute Gasteiger partial charge is 0.147 e. The topological polar surface area (TPSA) is 37.3 Å². The summed E-state index contributed by atoms with van der Waals surface area (Å²) in [6.07, 6.45) is 0.307. The number of Topliss-reactive ketones (excluding diaryl/α,β-unsaturated/α-hetero) is 1. The molecular formula is C10H10BrClO2. The van der Waals surface area contributed by atoms with Gasteiger partial charge in [-0.15, -0.1) is 11.6 Å². The SMILES string of the molecule is O=C(CBr)Cc1cccc(O)c1CCl. The van der Waals surface area contributed by atoms with E-state index in [2.05, 4.69) is 15.9 Å². The molecule has 0 heterocycles. The van der Waals surface area contributed by atoms with Crippen molar-refractivity contribution in [2.75, 3.05) is 5.33 Å². The van der Waals surface area contributed by atoms with Gasteiger partial charge in [0.1, 0.15) is 11.5 Å². The van der Waals surface area contributed by atoms with Gasteiger partial charge in [-0.2, -0.15) is 0 Å². The number of alkyl halides is 2. The Labute approximate surface area is 96.0 Å². The van der Waals surface area contributed by atoms with E-state index in [1.807, 2.05) is 0 Å². The van der Waals surface area contributed by atoms with Crippen molar-refractivity contribution in [3.8, 4) is 5.75 Å².